The van der Waals surface area contributed by atoms with E-state index in [1.807, 2.05) is 12.1 Å². The second kappa shape index (κ2) is 8.31. The maximum atomic E-state index is 11.1. The number of hydrogen-bond donors (Lipinski definition) is 1. The summed E-state index contributed by atoms with van der Waals surface area (Å²) in [7, 11) is 0. The van der Waals surface area contributed by atoms with Gasteiger partial charge in [-0.25, -0.2) is 0 Å². The van der Waals surface area contributed by atoms with E-state index >= 15 is 0 Å². The van der Waals surface area contributed by atoms with E-state index < -0.39 is 0 Å². The van der Waals surface area contributed by atoms with Crippen molar-refractivity contribution < 1.29 is 14.6 Å². The van der Waals surface area contributed by atoms with Crippen molar-refractivity contribution in [3.63, 3.8) is 0 Å². The molecular formula is C27H33NO3. The molecule has 1 aliphatic carbocycles. The Morgan fingerprint density at radius 2 is 1.71 bits per heavy atom. The molecule has 1 spiro atoms. The molecule has 0 bridgehead atoms. The molecule has 2 unspecified atom stereocenters. The highest BCUT2D eigenvalue weighted by Crippen LogP contribution is 2.54. The maximum absolute atomic E-state index is 11.1. The molecule has 1 N–H and O–H groups in total. The minimum absolute atomic E-state index is 0.00478. The number of phenolic OH excluding ortho intramolecular Hbond substituents is 1. The van der Waals surface area contributed by atoms with E-state index in [4.69, 9.17) is 4.74 Å². The van der Waals surface area contributed by atoms with Gasteiger partial charge in [-0.05, 0) is 73.6 Å². The van der Waals surface area contributed by atoms with Crippen LogP contribution in [0.4, 0.5) is 5.69 Å². The molecule has 1 saturated heterocycles. The van der Waals surface area contributed by atoms with Gasteiger partial charge in [-0.1, -0.05) is 37.5 Å². The first-order chi connectivity index (χ1) is 15.1. The predicted molar refractivity (Wildman–Crippen MR) is 123 cm³/mol. The fourth-order valence-electron chi connectivity index (χ4n) is 6.16. The first-order valence-corrected chi connectivity index (χ1v) is 11.9. The van der Waals surface area contributed by atoms with E-state index in [9.17, 15) is 9.90 Å². The highest BCUT2D eigenvalue weighted by molar-refractivity contribution is 5.56. The lowest BCUT2D eigenvalue weighted by atomic mass is 9.67. The number of anilines is 1. The van der Waals surface area contributed by atoms with E-state index in [0.29, 0.717) is 5.75 Å². The van der Waals surface area contributed by atoms with Crippen LogP contribution in [0.15, 0.2) is 42.5 Å². The first kappa shape index (κ1) is 20.6. The Balaban J connectivity index is 1.49. The lowest BCUT2D eigenvalue weighted by molar-refractivity contribution is -0.130. The smallest absolute Gasteiger partial charge is 0.123 e. The van der Waals surface area contributed by atoms with E-state index in [1.54, 1.807) is 0 Å². The zero-order valence-electron chi connectivity index (χ0n) is 18.4. The van der Waals surface area contributed by atoms with Gasteiger partial charge in [0.25, 0.3) is 0 Å². The number of nitrogens with zero attached hydrogens (tertiary/aromatic N) is 1. The number of rotatable bonds is 3. The second-order valence-electron chi connectivity index (χ2n) is 9.68. The van der Waals surface area contributed by atoms with Gasteiger partial charge in [0.05, 0.1) is 11.7 Å². The van der Waals surface area contributed by atoms with Crippen LogP contribution in [-0.2, 0) is 9.53 Å². The Bertz CT molecular complexity index is 924. The number of carbonyl (C=O) groups is 1. The Morgan fingerprint density at radius 1 is 1.00 bits per heavy atom. The second-order valence-corrected chi connectivity index (χ2v) is 9.68. The van der Waals surface area contributed by atoms with E-state index in [0.717, 1.165) is 50.6 Å². The molecule has 2 aromatic carbocycles. The molecule has 4 nitrogen and oxygen atoms in total. The number of aldehydes is 1. The topological polar surface area (TPSA) is 49.8 Å². The van der Waals surface area contributed by atoms with Crippen molar-refractivity contribution in [3.8, 4) is 5.75 Å². The van der Waals surface area contributed by atoms with Crippen molar-refractivity contribution in [2.75, 3.05) is 18.0 Å². The summed E-state index contributed by atoms with van der Waals surface area (Å²) in [6, 6.07) is 14.9. The van der Waals surface area contributed by atoms with Crippen LogP contribution < -0.4 is 4.90 Å². The van der Waals surface area contributed by atoms with Crippen molar-refractivity contribution in [1.29, 1.82) is 0 Å². The molecule has 4 heteroatoms. The molecule has 2 heterocycles. The monoisotopic (exact) mass is 419 g/mol. The maximum Gasteiger partial charge on any atom is 0.123 e. The third-order valence-corrected chi connectivity index (χ3v) is 7.78. The Kier molecular flexibility index (Phi) is 5.51. The number of hydrogen-bond acceptors (Lipinski definition) is 4. The highest BCUT2D eigenvalue weighted by Gasteiger charge is 2.48. The number of piperidine rings is 1. The van der Waals surface area contributed by atoms with Gasteiger partial charge >= 0.3 is 0 Å². The molecule has 0 amide bonds. The minimum atomic E-state index is -0.161. The van der Waals surface area contributed by atoms with Crippen LogP contribution in [0.5, 0.6) is 5.75 Å². The third-order valence-electron chi connectivity index (χ3n) is 7.78. The zero-order valence-corrected chi connectivity index (χ0v) is 18.4. The van der Waals surface area contributed by atoms with Crippen LogP contribution in [0.2, 0.25) is 0 Å². The molecule has 5 rings (SSSR count). The van der Waals surface area contributed by atoms with Gasteiger partial charge in [-0.2, -0.15) is 0 Å². The number of carbonyl (C=O) groups excluding carboxylic acids is 1. The summed E-state index contributed by atoms with van der Waals surface area (Å²) in [5.41, 5.74) is 4.79. The molecule has 0 aromatic heterocycles. The van der Waals surface area contributed by atoms with Crippen LogP contribution in [-0.4, -0.2) is 30.1 Å². The van der Waals surface area contributed by atoms with E-state index in [1.165, 1.54) is 36.1 Å². The van der Waals surface area contributed by atoms with Gasteiger partial charge in [0.1, 0.15) is 12.0 Å². The number of benzene rings is 2. The number of aromatic hydroxyl groups is 1. The van der Waals surface area contributed by atoms with Crippen LogP contribution >= 0.6 is 0 Å². The highest BCUT2D eigenvalue weighted by atomic mass is 16.5. The summed E-state index contributed by atoms with van der Waals surface area (Å²) in [5.74, 6) is 0.715. The van der Waals surface area contributed by atoms with Crippen LogP contribution in [0, 0.1) is 5.92 Å². The van der Waals surface area contributed by atoms with Crippen molar-refractivity contribution >= 4 is 12.0 Å². The average molecular weight is 420 g/mol. The number of fused-ring (bicyclic) bond motifs is 1. The third kappa shape index (κ3) is 3.76. The summed E-state index contributed by atoms with van der Waals surface area (Å²) in [5, 5.41) is 10.1. The fraction of sp³-hybridized carbons (Fsp3) is 0.519. The van der Waals surface area contributed by atoms with Crippen molar-refractivity contribution in [1.82, 2.24) is 0 Å². The molecule has 3 aliphatic rings. The molecule has 1 saturated carbocycles. The number of ether oxygens (including phenoxy) is 1. The Hall–Kier alpha value is -2.33. The molecule has 31 heavy (non-hydrogen) atoms. The molecule has 0 radical (unpaired) electrons. The first-order valence-electron chi connectivity index (χ1n) is 11.9. The van der Waals surface area contributed by atoms with Gasteiger partial charge in [0.15, 0.2) is 0 Å². The summed E-state index contributed by atoms with van der Waals surface area (Å²) < 4.78 is 6.78. The van der Waals surface area contributed by atoms with Crippen molar-refractivity contribution in [2.24, 2.45) is 5.92 Å². The molecule has 2 aliphatic heterocycles. The standard InChI is InChI=1S/C27H33NO3/c1-19-25-17-23(30)9-10-24(25)26(27(31-19)13-3-2-4-14-27)21-5-7-22(8-6-21)28-15-11-20(18-29)12-16-28/h5-10,17-20,26,30H,2-4,11-16H2,1H3. The Labute approximate surface area is 185 Å². The summed E-state index contributed by atoms with van der Waals surface area (Å²) in [6.45, 7) is 4.01. The molecule has 2 aromatic rings. The lowest BCUT2D eigenvalue weighted by Gasteiger charge is -2.50. The Morgan fingerprint density at radius 3 is 2.39 bits per heavy atom. The average Bonchev–Trinajstić information content (AvgIpc) is 2.81. The summed E-state index contributed by atoms with van der Waals surface area (Å²) in [6.07, 6.45) is 8.87. The van der Waals surface area contributed by atoms with E-state index in [2.05, 4.69) is 42.2 Å². The lowest BCUT2D eigenvalue weighted by Crippen LogP contribution is -2.46. The normalized spacial score (nSPS) is 25.9. The minimum Gasteiger partial charge on any atom is -0.508 e. The van der Waals surface area contributed by atoms with Gasteiger partial charge in [-0.3, -0.25) is 0 Å². The zero-order chi connectivity index (χ0) is 21.4. The van der Waals surface area contributed by atoms with Crippen LogP contribution in [0.25, 0.3) is 0 Å². The van der Waals surface area contributed by atoms with Gasteiger partial charge < -0.3 is 19.5 Å². The van der Waals surface area contributed by atoms with Gasteiger partial charge in [0, 0.05) is 30.6 Å². The quantitative estimate of drug-likeness (QED) is 0.645. The summed E-state index contributed by atoms with van der Waals surface area (Å²) in [4.78, 5) is 13.5. The molecule has 2 atom stereocenters. The van der Waals surface area contributed by atoms with E-state index in [-0.39, 0.29) is 23.5 Å². The number of phenols is 1. The van der Waals surface area contributed by atoms with Crippen molar-refractivity contribution in [2.45, 2.75) is 69.5 Å². The van der Waals surface area contributed by atoms with Gasteiger partial charge in [0.2, 0.25) is 0 Å². The molecule has 2 fully saturated rings. The predicted octanol–water partition coefficient (Wildman–Crippen LogP) is 5.73. The fourth-order valence-corrected chi connectivity index (χ4v) is 6.16. The van der Waals surface area contributed by atoms with Gasteiger partial charge in [-0.15, -0.1) is 0 Å². The molecular weight excluding hydrogens is 386 g/mol. The largest absolute Gasteiger partial charge is 0.508 e. The van der Waals surface area contributed by atoms with Crippen LogP contribution in [0.3, 0.4) is 0 Å². The van der Waals surface area contributed by atoms with Crippen LogP contribution in [0.1, 0.15) is 80.6 Å². The van der Waals surface area contributed by atoms with Crippen molar-refractivity contribution in [3.05, 3.63) is 59.2 Å². The molecule has 164 valence electrons. The summed E-state index contributed by atoms with van der Waals surface area (Å²) >= 11 is 0. The SMILES string of the molecule is CC1OC2(CCCCC2)C(c2ccc(N3CCC(C=O)CC3)cc2)c2ccc(O)cc21.